The Morgan fingerprint density at radius 1 is 1.03 bits per heavy atom. The molecule has 0 aliphatic carbocycles. The van der Waals surface area contributed by atoms with Crippen LogP contribution >= 0.6 is 0 Å². The van der Waals surface area contributed by atoms with Gasteiger partial charge in [0.1, 0.15) is 17.5 Å². The first-order chi connectivity index (χ1) is 19.0. The first-order valence-corrected chi connectivity index (χ1v) is 13.2. The summed E-state index contributed by atoms with van der Waals surface area (Å²) in [6, 6.07) is 15.8. The van der Waals surface area contributed by atoms with Gasteiger partial charge in [-0.3, -0.25) is 4.79 Å². The highest BCUT2D eigenvalue weighted by atomic mass is 16.1. The normalized spacial score (nSPS) is 16.8. The third-order valence-corrected chi connectivity index (χ3v) is 7.60. The number of nitrogen functional groups attached to an aromatic ring is 1. The molecule has 0 amide bonds. The highest BCUT2D eigenvalue weighted by Gasteiger charge is 2.30. The Balaban J connectivity index is 1.09. The van der Waals surface area contributed by atoms with E-state index in [1.54, 1.807) is 10.9 Å². The van der Waals surface area contributed by atoms with Crippen molar-refractivity contribution in [1.29, 1.82) is 0 Å². The van der Waals surface area contributed by atoms with Gasteiger partial charge in [-0.05, 0) is 54.4 Å². The Hall–Kier alpha value is -4.70. The molecule has 39 heavy (non-hydrogen) atoms. The van der Waals surface area contributed by atoms with Crippen molar-refractivity contribution in [2.45, 2.75) is 19.4 Å². The predicted octanol–water partition coefficient (Wildman–Crippen LogP) is 3.33. The lowest BCUT2D eigenvalue weighted by Crippen LogP contribution is -2.43. The summed E-state index contributed by atoms with van der Waals surface area (Å²) in [5.41, 5.74) is 13.5. The van der Waals surface area contributed by atoms with Gasteiger partial charge in [-0.25, -0.2) is 14.6 Å². The number of piperazine rings is 1. The van der Waals surface area contributed by atoms with Gasteiger partial charge >= 0.3 is 0 Å². The lowest BCUT2D eigenvalue weighted by molar-refractivity contribution is 0.0972. The third-order valence-electron chi connectivity index (χ3n) is 7.60. The maximum Gasteiger partial charge on any atom is 0.190 e. The molecular formula is C29H29N9O. The van der Waals surface area contributed by atoms with E-state index in [9.17, 15) is 4.79 Å². The van der Waals surface area contributed by atoms with Crippen LogP contribution in [0.25, 0.3) is 27.8 Å². The zero-order valence-electron chi connectivity index (χ0n) is 21.6. The Kier molecular flexibility index (Phi) is 5.55. The van der Waals surface area contributed by atoms with E-state index < -0.39 is 6.04 Å². The number of nitrogens with one attached hydrogen (secondary N) is 3. The number of hydrogen-bond acceptors (Lipinski definition) is 8. The number of carbonyl (C=O) groups excluding carboxylic acids is 1. The maximum absolute atomic E-state index is 13.5. The van der Waals surface area contributed by atoms with Gasteiger partial charge in [0, 0.05) is 50.0 Å². The number of anilines is 3. The van der Waals surface area contributed by atoms with E-state index in [0.29, 0.717) is 17.8 Å². The van der Waals surface area contributed by atoms with Gasteiger partial charge in [0.05, 0.1) is 34.5 Å². The Morgan fingerprint density at radius 3 is 2.69 bits per heavy atom. The number of nitrogens with zero attached hydrogens (tertiary/aromatic N) is 5. The van der Waals surface area contributed by atoms with Crippen molar-refractivity contribution in [3.63, 3.8) is 0 Å². The lowest BCUT2D eigenvalue weighted by atomic mass is 10.0. The van der Waals surface area contributed by atoms with E-state index in [1.165, 1.54) is 0 Å². The van der Waals surface area contributed by atoms with Crippen LogP contribution < -0.4 is 21.3 Å². The number of aromatic amines is 1. The van der Waals surface area contributed by atoms with E-state index in [-0.39, 0.29) is 5.78 Å². The summed E-state index contributed by atoms with van der Waals surface area (Å²) in [5.74, 6) is 2.09. The SMILES string of the molecule is Cc1nc2cc(-n3ncc(C(=O)C4Cc5ccc(-c6ccc(N7CCNCC7)nc6)cc5N4)c3N)ccc2[nH]1. The van der Waals surface area contributed by atoms with Crippen molar-refractivity contribution in [3.8, 4) is 16.8 Å². The maximum atomic E-state index is 13.5. The monoisotopic (exact) mass is 519 g/mol. The van der Waals surface area contributed by atoms with Crippen LogP contribution in [0.2, 0.25) is 0 Å². The summed E-state index contributed by atoms with van der Waals surface area (Å²) < 4.78 is 1.59. The minimum Gasteiger partial charge on any atom is -0.383 e. The summed E-state index contributed by atoms with van der Waals surface area (Å²) >= 11 is 0. The van der Waals surface area contributed by atoms with E-state index in [1.807, 2.05) is 31.3 Å². The zero-order valence-corrected chi connectivity index (χ0v) is 21.6. The van der Waals surface area contributed by atoms with Crippen LogP contribution in [0, 0.1) is 6.92 Å². The molecule has 5 aromatic rings. The van der Waals surface area contributed by atoms with Crippen LogP contribution in [0.4, 0.5) is 17.3 Å². The number of carbonyl (C=O) groups is 1. The van der Waals surface area contributed by atoms with E-state index in [0.717, 1.165) is 76.9 Å². The van der Waals surface area contributed by atoms with Crippen molar-refractivity contribution in [3.05, 3.63) is 77.9 Å². The standard InChI is InChI=1S/C29H29N9O/c1-17-34-23-6-5-21(14-25(23)35-17)38-29(30)22(16-33-38)28(39)26-13-19-3-2-18(12-24(19)36-26)20-4-7-27(32-15-20)37-10-8-31-9-11-37/h2-7,12,14-16,26,31,36H,8-11,13,30H2,1H3,(H,34,35). The second kappa shape index (κ2) is 9.25. The van der Waals surface area contributed by atoms with Gasteiger partial charge in [-0.15, -0.1) is 0 Å². The molecule has 2 aliphatic rings. The largest absolute Gasteiger partial charge is 0.383 e. The molecule has 5 heterocycles. The predicted molar refractivity (Wildman–Crippen MR) is 153 cm³/mol. The van der Waals surface area contributed by atoms with Gasteiger partial charge in [0.15, 0.2) is 5.78 Å². The molecule has 2 aromatic carbocycles. The zero-order chi connectivity index (χ0) is 26.5. The highest BCUT2D eigenvalue weighted by Crippen LogP contribution is 2.33. The van der Waals surface area contributed by atoms with Crippen molar-refractivity contribution >= 4 is 34.1 Å². The minimum atomic E-state index is -0.403. The van der Waals surface area contributed by atoms with E-state index in [4.69, 9.17) is 10.7 Å². The van der Waals surface area contributed by atoms with E-state index in [2.05, 4.69) is 60.9 Å². The number of nitrogens with two attached hydrogens (primary N) is 1. The van der Waals surface area contributed by atoms with Gasteiger partial charge in [-0.2, -0.15) is 5.10 Å². The average Bonchev–Trinajstić information content (AvgIpc) is 3.68. The molecule has 10 heteroatoms. The van der Waals surface area contributed by atoms with Crippen molar-refractivity contribution < 1.29 is 4.79 Å². The number of benzene rings is 2. The first kappa shape index (κ1) is 23.4. The molecule has 1 saturated heterocycles. The fraction of sp³-hybridized carbons (Fsp3) is 0.241. The minimum absolute atomic E-state index is 0.0739. The molecular weight excluding hydrogens is 490 g/mol. The molecule has 10 nitrogen and oxygen atoms in total. The third kappa shape index (κ3) is 4.18. The number of aryl methyl sites for hydroxylation is 1. The summed E-state index contributed by atoms with van der Waals surface area (Å²) in [4.78, 5) is 28.2. The molecule has 1 unspecified atom stereocenters. The molecule has 0 radical (unpaired) electrons. The summed E-state index contributed by atoms with van der Waals surface area (Å²) in [6.07, 6.45) is 4.07. The topological polar surface area (TPSA) is 130 Å². The second-order valence-corrected chi connectivity index (χ2v) is 10.2. The number of hydrogen-bond donors (Lipinski definition) is 4. The first-order valence-electron chi connectivity index (χ1n) is 13.2. The Bertz CT molecular complexity index is 1700. The van der Waals surface area contributed by atoms with Crippen LogP contribution in [0.1, 0.15) is 21.7 Å². The van der Waals surface area contributed by atoms with Gasteiger partial charge in [0.2, 0.25) is 0 Å². The van der Waals surface area contributed by atoms with Crippen LogP contribution in [-0.2, 0) is 6.42 Å². The number of fused-ring (bicyclic) bond motifs is 2. The molecule has 196 valence electrons. The number of rotatable bonds is 5. The number of pyridine rings is 1. The number of Topliss-reactive ketones (excluding diaryl/α,β-unsaturated/α-hetero) is 1. The molecule has 1 atom stereocenters. The van der Waals surface area contributed by atoms with Crippen LogP contribution in [0.5, 0.6) is 0 Å². The Labute approximate surface area is 225 Å². The molecule has 3 aromatic heterocycles. The van der Waals surface area contributed by atoms with Gasteiger partial charge in [-0.1, -0.05) is 12.1 Å². The molecule has 7 rings (SSSR count). The number of aromatic nitrogens is 5. The Morgan fingerprint density at radius 2 is 1.87 bits per heavy atom. The molecule has 5 N–H and O–H groups in total. The molecule has 0 spiro atoms. The smallest absolute Gasteiger partial charge is 0.190 e. The summed E-state index contributed by atoms with van der Waals surface area (Å²) in [5, 5.41) is 11.2. The fourth-order valence-corrected chi connectivity index (χ4v) is 5.52. The lowest BCUT2D eigenvalue weighted by Gasteiger charge is -2.28. The molecule has 0 saturated carbocycles. The summed E-state index contributed by atoms with van der Waals surface area (Å²) in [6.45, 7) is 5.80. The average molecular weight is 520 g/mol. The van der Waals surface area contributed by atoms with E-state index >= 15 is 0 Å². The van der Waals surface area contributed by atoms with Crippen LogP contribution in [0.15, 0.2) is 60.9 Å². The van der Waals surface area contributed by atoms with Crippen molar-refractivity contribution in [2.75, 3.05) is 42.1 Å². The molecule has 0 bridgehead atoms. The number of ketones is 1. The van der Waals surface area contributed by atoms with Crippen molar-refractivity contribution in [2.24, 2.45) is 0 Å². The van der Waals surface area contributed by atoms with Crippen LogP contribution in [-0.4, -0.2) is 62.7 Å². The number of imidazole rings is 1. The van der Waals surface area contributed by atoms with Crippen LogP contribution in [0.3, 0.4) is 0 Å². The fourth-order valence-electron chi connectivity index (χ4n) is 5.52. The van der Waals surface area contributed by atoms with Gasteiger partial charge in [0.25, 0.3) is 0 Å². The molecule has 2 aliphatic heterocycles. The number of H-pyrrole nitrogens is 1. The molecule has 1 fully saturated rings. The second-order valence-electron chi connectivity index (χ2n) is 10.2. The highest BCUT2D eigenvalue weighted by molar-refractivity contribution is 6.06. The van der Waals surface area contributed by atoms with Crippen molar-refractivity contribution in [1.82, 2.24) is 30.0 Å². The quantitative estimate of drug-likeness (QED) is 0.260. The van der Waals surface area contributed by atoms with Gasteiger partial charge < -0.3 is 26.3 Å². The summed E-state index contributed by atoms with van der Waals surface area (Å²) in [7, 11) is 0.